The molecule has 8 heteroatoms. The van der Waals surface area contributed by atoms with Gasteiger partial charge < -0.3 is 14.2 Å². The van der Waals surface area contributed by atoms with E-state index in [1.165, 1.54) is 4.31 Å². The van der Waals surface area contributed by atoms with Crippen molar-refractivity contribution in [3.8, 4) is 17.2 Å². The maximum Gasteiger partial charge on any atom is 0.244 e. The molecule has 0 bridgehead atoms. The molecule has 0 saturated carbocycles. The summed E-state index contributed by atoms with van der Waals surface area (Å²) >= 11 is 1.57. The molecule has 0 radical (unpaired) electrons. The first kappa shape index (κ1) is 19.9. The molecule has 27 heavy (non-hydrogen) atoms. The van der Waals surface area contributed by atoms with Crippen molar-refractivity contribution in [3.05, 3.63) is 48.0 Å². The molecular weight excluding hydrogens is 386 g/mol. The first-order valence-corrected chi connectivity index (χ1v) is 11.1. The van der Waals surface area contributed by atoms with Crippen LogP contribution in [-0.4, -0.2) is 45.8 Å². The van der Waals surface area contributed by atoms with Crippen LogP contribution in [0.25, 0.3) is 0 Å². The highest BCUT2D eigenvalue weighted by molar-refractivity contribution is 8.01. The van der Waals surface area contributed by atoms with Crippen LogP contribution in [0.4, 0.5) is 0 Å². The van der Waals surface area contributed by atoms with E-state index >= 15 is 0 Å². The molecule has 3 rings (SSSR count). The molecule has 2 aromatic carbocycles. The third kappa shape index (κ3) is 4.02. The lowest BCUT2D eigenvalue weighted by molar-refractivity contribution is 0.340. The average molecular weight is 410 g/mol. The van der Waals surface area contributed by atoms with Crippen LogP contribution in [-0.2, 0) is 10.0 Å². The second-order valence-electron chi connectivity index (χ2n) is 5.85. The number of benzene rings is 2. The van der Waals surface area contributed by atoms with Gasteiger partial charge in [0, 0.05) is 17.9 Å². The minimum Gasteiger partial charge on any atom is -0.497 e. The summed E-state index contributed by atoms with van der Waals surface area (Å²) in [7, 11) is -0.487. The highest BCUT2D eigenvalue weighted by Gasteiger charge is 2.38. The van der Waals surface area contributed by atoms with Gasteiger partial charge in [0.25, 0.3) is 0 Å². The Morgan fingerprint density at radius 1 is 1.07 bits per heavy atom. The van der Waals surface area contributed by atoms with Gasteiger partial charge in [0.05, 0.1) is 31.1 Å². The second kappa shape index (κ2) is 8.41. The Hall–Kier alpha value is -1.90. The SMILES string of the molecule is CCOc1ccc(S(=O)(=O)N2CCS[C@H]2c2cc(OC)ccc2OC)cc1. The molecule has 0 aromatic heterocycles. The predicted octanol–water partition coefficient (Wildman–Crippen LogP) is 3.54. The predicted molar refractivity (Wildman–Crippen MR) is 106 cm³/mol. The maximum atomic E-state index is 13.2. The Kier molecular flexibility index (Phi) is 6.18. The van der Waals surface area contributed by atoms with Crippen LogP contribution in [0.15, 0.2) is 47.4 Å². The van der Waals surface area contributed by atoms with Gasteiger partial charge in [0.15, 0.2) is 0 Å². The molecule has 0 aliphatic carbocycles. The van der Waals surface area contributed by atoms with Crippen molar-refractivity contribution in [2.75, 3.05) is 33.1 Å². The van der Waals surface area contributed by atoms with Crippen LogP contribution < -0.4 is 14.2 Å². The van der Waals surface area contributed by atoms with Crippen molar-refractivity contribution in [2.24, 2.45) is 0 Å². The molecule has 0 spiro atoms. The summed E-state index contributed by atoms with van der Waals surface area (Å²) in [5.41, 5.74) is 0.786. The number of hydrogen-bond donors (Lipinski definition) is 0. The largest absolute Gasteiger partial charge is 0.497 e. The number of thioether (sulfide) groups is 1. The molecule has 0 N–H and O–H groups in total. The fourth-order valence-corrected chi connectivity index (χ4v) is 6.24. The molecule has 1 saturated heterocycles. The Morgan fingerprint density at radius 3 is 2.41 bits per heavy atom. The lowest BCUT2D eigenvalue weighted by Crippen LogP contribution is -2.30. The highest BCUT2D eigenvalue weighted by atomic mass is 32.2. The van der Waals surface area contributed by atoms with Gasteiger partial charge in [0.2, 0.25) is 10.0 Å². The number of methoxy groups -OCH3 is 2. The smallest absolute Gasteiger partial charge is 0.244 e. The maximum absolute atomic E-state index is 13.2. The van der Waals surface area contributed by atoms with E-state index in [0.29, 0.717) is 36.2 Å². The minimum absolute atomic E-state index is 0.250. The van der Waals surface area contributed by atoms with E-state index in [9.17, 15) is 8.42 Å². The van der Waals surface area contributed by atoms with Crippen LogP contribution in [0.1, 0.15) is 17.9 Å². The van der Waals surface area contributed by atoms with Gasteiger partial charge in [-0.3, -0.25) is 0 Å². The minimum atomic E-state index is -3.65. The van der Waals surface area contributed by atoms with Gasteiger partial charge >= 0.3 is 0 Å². The number of sulfonamides is 1. The third-order valence-corrected chi connectivity index (χ3v) is 7.55. The Labute approximate surface area is 164 Å². The lowest BCUT2D eigenvalue weighted by Gasteiger charge is -2.25. The topological polar surface area (TPSA) is 65.1 Å². The molecule has 146 valence electrons. The average Bonchev–Trinajstić information content (AvgIpc) is 3.19. The normalized spacial score (nSPS) is 17.7. The van der Waals surface area contributed by atoms with Gasteiger partial charge in [-0.2, -0.15) is 4.31 Å². The zero-order chi connectivity index (χ0) is 19.4. The van der Waals surface area contributed by atoms with Crippen molar-refractivity contribution in [2.45, 2.75) is 17.2 Å². The van der Waals surface area contributed by atoms with E-state index in [-0.39, 0.29) is 10.3 Å². The summed E-state index contributed by atoms with van der Waals surface area (Å²) in [6.07, 6.45) is 0. The summed E-state index contributed by atoms with van der Waals surface area (Å²) in [4.78, 5) is 0.250. The van der Waals surface area contributed by atoms with Crippen molar-refractivity contribution < 1.29 is 22.6 Å². The molecule has 6 nitrogen and oxygen atoms in total. The van der Waals surface area contributed by atoms with Gasteiger partial charge in [-0.25, -0.2) is 8.42 Å². The van der Waals surface area contributed by atoms with Crippen LogP contribution in [0.5, 0.6) is 17.2 Å². The van der Waals surface area contributed by atoms with Gasteiger partial charge in [-0.05, 0) is 49.4 Å². The second-order valence-corrected chi connectivity index (χ2v) is 8.93. The molecule has 1 aliphatic heterocycles. The first-order chi connectivity index (χ1) is 13.0. The summed E-state index contributed by atoms with van der Waals surface area (Å²) in [6, 6.07) is 12.0. The lowest BCUT2D eigenvalue weighted by atomic mass is 10.2. The highest BCUT2D eigenvalue weighted by Crippen LogP contribution is 2.45. The number of rotatable bonds is 7. The third-order valence-electron chi connectivity index (χ3n) is 4.29. The molecule has 1 atom stereocenters. The number of ether oxygens (including phenoxy) is 3. The number of nitrogens with zero attached hydrogens (tertiary/aromatic N) is 1. The summed E-state index contributed by atoms with van der Waals surface area (Å²) < 4.78 is 44.2. The van der Waals surface area contributed by atoms with E-state index in [4.69, 9.17) is 14.2 Å². The Balaban J connectivity index is 1.96. The summed E-state index contributed by atoms with van der Waals surface area (Å²) in [5.74, 6) is 2.67. The van der Waals surface area contributed by atoms with Crippen LogP contribution in [0.2, 0.25) is 0 Å². The van der Waals surface area contributed by atoms with Crippen LogP contribution >= 0.6 is 11.8 Å². The van der Waals surface area contributed by atoms with E-state index < -0.39 is 10.0 Å². The van der Waals surface area contributed by atoms with Gasteiger partial charge in [-0.15, -0.1) is 11.8 Å². The molecule has 1 fully saturated rings. The Morgan fingerprint density at radius 2 is 1.78 bits per heavy atom. The van der Waals surface area contributed by atoms with Gasteiger partial charge in [-0.1, -0.05) is 0 Å². The van der Waals surface area contributed by atoms with E-state index in [1.807, 2.05) is 13.0 Å². The molecule has 1 heterocycles. The van der Waals surface area contributed by atoms with Crippen molar-refractivity contribution in [1.29, 1.82) is 0 Å². The zero-order valence-corrected chi connectivity index (χ0v) is 17.2. The van der Waals surface area contributed by atoms with Crippen molar-refractivity contribution in [3.63, 3.8) is 0 Å². The molecule has 2 aromatic rings. The Bertz CT molecular complexity index is 883. The fourth-order valence-electron chi connectivity index (χ4n) is 2.99. The molecule has 0 unspecified atom stereocenters. The van der Waals surface area contributed by atoms with Crippen LogP contribution in [0, 0.1) is 0 Å². The summed E-state index contributed by atoms with van der Waals surface area (Å²) in [6.45, 7) is 2.86. The molecule has 0 amide bonds. The quantitative estimate of drug-likeness (QED) is 0.697. The van der Waals surface area contributed by atoms with Crippen molar-refractivity contribution >= 4 is 21.8 Å². The molecule has 1 aliphatic rings. The standard InChI is InChI=1S/C19H23NO5S2/c1-4-25-14-5-8-16(9-6-14)27(21,22)20-11-12-26-19(20)17-13-15(23-2)7-10-18(17)24-3/h5-10,13,19H,4,11-12H2,1-3H3/t19-/m0/s1. The summed E-state index contributed by atoms with van der Waals surface area (Å²) in [5, 5.41) is -0.369. The molecular formula is C19H23NO5S2. The van der Waals surface area contributed by atoms with Crippen molar-refractivity contribution in [1.82, 2.24) is 4.31 Å². The first-order valence-electron chi connectivity index (χ1n) is 8.59. The van der Waals surface area contributed by atoms with Crippen LogP contribution in [0.3, 0.4) is 0 Å². The van der Waals surface area contributed by atoms with E-state index in [2.05, 4.69) is 0 Å². The van der Waals surface area contributed by atoms with E-state index in [0.717, 1.165) is 5.56 Å². The fraction of sp³-hybridized carbons (Fsp3) is 0.368. The monoisotopic (exact) mass is 409 g/mol. The zero-order valence-electron chi connectivity index (χ0n) is 15.5. The van der Waals surface area contributed by atoms with Gasteiger partial charge in [0.1, 0.15) is 17.2 Å². The number of hydrogen-bond acceptors (Lipinski definition) is 6. The van der Waals surface area contributed by atoms with E-state index in [1.54, 1.807) is 62.4 Å².